The van der Waals surface area contributed by atoms with Crippen LogP contribution in [0.1, 0.15) is 35.4 Å². The molecule has 1 spiro atoms. The molecule has 1 aliphatic carbocycles. The molecular weight excluding hydrogens is 326 g/mol. The van der Waals surface area contributed by atoms with E-state index in [1.165, 1.54) is 11.3 Å². The van der Waals surface area contributed by atoms with Crippen LogP contribution in [0.15, 0.2) is 30.7 Å². The highest BCUT2D eigenvalue weighted by atomic mass is 32.1. The third-order valence-corrected chi connectivity index (χ3v) is 5.58. The fourth-order valence-corrected chi connectivity index (χ4v) is 4.17. The Morgan fingerprint density at radius 1 is 1.25 bits per heavy atom. The second-order valence-corrected chi connectivity index (χ2v) is 7.08. The van der Waals surface area contributed by atoms with Crippen molar-refractivity contribution in [2.75, 3.05) is 13.2 Å². The van der Waals surface area contributed by atoms with Gasteiger partial charge in [0.25, 0.3) is 5.91 Å². The zero-order valence-electron chi connectivity index (χ0n) is 13.2. The summed E-state index contributed by atoms with van der Waals surface area (Å²) in [7, 11) is 0. The first-order valence-electron chi connectivity index (χ1n) is 8.22. The molecule has 0 aromatic carbocycles. The Hall–Kier alpha value is -1.83. The van der Waals surface area contributed by atoms with Gasteiger partial charge in [-0.3, -0.25) is 9.78 Å². The summed E-state index contributed by atoms with van der Waals surface area (Å²) in [6.07, 6.45) is 8.92. The van der Waals surface area contributed by atoms with E-state index in [1.54, 1.807) is 18.6 Å². The molecule has 1 amide bonds. The molecule has 1 saturated carbocycles. The number of amides is 1. The number of ether oxygens (including phenoxy) is 2. The van der Waals surface area contributed by atoms with Crippen molar-refractivity contribution in [3.05, 3.63) is 35.6 Å². The van der Waals surface area contributed by atoms with Crippen LogP contribution in [-0.2, 0) is 9.47 Å². The maximum absolute atomic E-state index is 12.6. The number of carbonyl (C=O) groups is 1. The third-order valence-electron chi connectivity index (χ3n) is 4.54. The number of hydrogen-bond donors (Lipinski definition) is 1. The van der Waals surface area contributed by atoms with Gasteiger partial charge in [0, 0.05) is 24.4 Å². The SMILES string of the molecule is O=C(NC1CCCCC12OCCO2)c1cnc(-c2ccncc2)s1. The Morgan fingerprint density at radius 3 is 2.83 bits per heavy atom. The highest BCUT2D eigenvalue weighted by Crippen LogP contribution is 2.36. The molecule has 2 aliphatic rings. The summed E-state index contributed by atoms with van der Waals surface area (Å²) >= 11 is 1.38. The average Bonchev–Trinajstić information content (AvgIpc) is 3.28. The maximum Gasteiger partial charge on any atom is 0.263 e. The summed E-state index contributed by atoms with van der Waals surface area (Å²) in [5, 5.41) is 3.92. The minimum atomic E-state index is -0.632. The highest BCUT2D eigenvalue weighted by Gasteiger charge is 2.46. The van der Waals surface area contributed by atoms with Crippen LogP contribution < -0.4 is 5.32 Å². The van der Waals surface area contributed by atoms with Gasteiger partial charge in [-0.1, -0.05) is 6.42 Å². The average molecular weight is 345 g/mol. The number of aromatic nitrogens is 2. The number of thiazole rings is 1. The molecule has 2 aromatic rings. The zero-order chi connectivity index (χ0) is 16.4. The van der Waals surface area contributed by atoms with Gasteiger partial charge in [0.2, 0.25) is 0 Å². The largest absolute Gasteiger partial charge is 0.346 e. The van der Waals surface area contributed by atoms with Crippen LogP contribution in [-0.4, -0.2) is 40.9 Å². The van der Waals surface area contributed by atoms with Crippen LogP contribution >= 0.6 is 11.3 Å². The standard InChI is InChI=1S/C17H19N3O3S/c21-15(13-11-19-16(24-13)12-4-7-18-8-5-12)20-14-3-1-2-6-17(14)22-9-10-23-17/h4-5,7-8,11,14H,1-3,6,9-10H2,(H,20,21). The summed E-state index contributed by atoms with van der Waals surface area (Å²) in [6.45, 7) is 1.19. The van der Waals surface area contributed by atoms with Crippen LogP contribution in [0.3, 0.4) is 0 Å². The number of hydrogen-bond acceptors (Lipinski definition) is 6. The molecule has 24 heavy (non-hydrogen) atoms. The lowest BCUT2D eigenvalue weighted by Crippen LogP contribution is -2.55. The Labute approximate surface area is 144 Å². The summed E-state index contributed by atoms with van der Waals surface area (Å²) in [5.74, 6) is -0.745. The Bertz CT molecular complexity index is 713. The predicted octanol–water partition coefficient (Wildman–Crippen LogP) is 2.62. The fraction of sp³-hybridized carbons (Fsp3) is 0.471. The lowest BCUT2D eigenvalue weighted by atomic mass is 9.89. The Morgan fingerprint density at radius 2 is 2.04 bits per heavy atom. The van der Waals surface area contributed by atoms with Gasteiger partial charge in [-0.2, -0.15) is 0 Å². The molecule has 3 heterocycles. The molecule has 2 aromatic heterocycles. The topological polar surface area (TPSA) is 73.3 Å². The first-order valence-corrected chi connectivity index (χ1v) is 9.03. The van der Waals surface area contributed by atoms with Gasteiger partial charge in [-0.25, -0.2) is 4.98 Å². The summed E-state index contributed by atoms with van der Waals surface area (Å²) in [6, 6.07) is 3.67. The van der Waals surface area contributed by atoms with E-state index < -0.39 is 5.79 Å². The number of pyridine rings is 1. The lowest BCUT2D eigenvalue weighted by Gasteiger charge is -2.39. The molecule has 2 fully saturated rings. The van der Waals surface area contributed by atoms with E-state index in [9.17, 15) is 4.79 Å². The minimum Gasteiger partial charge on any atom is -0.346 e. The lowest BCUT2D eigenvalue weighted by molar-refractivity contribution is -0.192. The molecule has 0 radical (unpaired) electrons. The summed E-state index contributed by atoms with van der Waals surface area (Å²) < 4.78 is 11.7. The van der Waals surface area contributed by atoms with E-state index in [0.29, 0.717) is 18.1 Å². The van der Waals surface area contributed by atoms with E-state index in [1.807, 2.05) is 12.1 Å². The fourth-order valence-electron chi connectivity index (χ4n) is 3.35. The van der Waals surface area contributed by atoms with Crippen molar-refractivity contribution in [1.29, 1.82) is 0 Å². The predicted molar refractivity (Wildman–Crippen MR) is 89.7 cm³/mol. The smallest absolute Gasteiger partial charge is 0.263 e. The van der Waals surface area contributed by atoms with Crippen molar-refractivity contribution in [1.82, 2.24) is 15.3 Å². The molecule has 1 aliphatic heterocycles. The van der Waals surface area contributed by atoms with Gasteiger partial charge < -0.3 is 14.8 Å². The van der Waals surface area contributed by atoms with Crippen molar-refractivity contribution in [3.8, 4) is 10.6 Å². The van der Waals surface area contributed by atoms with Crippen molar-refractivity contribution < 1.29 is 14.3 Å². The highest BCUT2D eigenvalue weighted by molar-refractivity contribution is 7.16. The van der Waals surface area contributed by atoms with Crippen LogP contribution in [0.4, 0.5) is 0 Å². The summed E-state index contributed by atoms with van der Waals surface area (Å²) in [5.41, 5.74) is 0.964. The van der Waals surface area contributed by atoms with Gasteiger partial charge >= 0.3 is 0 Å². The normalized spacial score (nSPS) is 22.6. The van der Waals surface area contributed by atoms with Gasteiger partial charge in [-0.15, -0.1) is 11.3 Å². The van der Waals surface area contributed by atoms with Crippen LogP contribution in [0.2, 0.25) is 0 Å². The number of nitrogens with zero attached hydrogens (tertiary/aromatic N) is 2. The van der Waals surface area contributed by atoms with E-state index in [4.69, 9.17) is 9.47 Å². The first kappa shape index (κ1) is 15.7. The second kappa shape index (κ2) is 6.58. The Kier molecular flexibility index (Phi) is 4.30. The van der Waals surface area contributed by atoms with Crippen LogP contribution in [0, 0.1) is 0 Å². The molecular formula is C17H19N3O3S. The van der Waals surface area contributed by atoms with Crippen molar-refractivity contribution in [2.45, 2.75) is 37.5 Å². The van der Waals surface area contributed by atoms with Crippen molar-refractivity contribution >= 4 is 17.2 Å². The zero-order valence-corrected chi connectivity index (χ0v) is 14.1. The molecule has 0 bridgehead atoms. The molecule has 1 atom stereocenters. The number of carbonyl (C=O) groups excluding carboxylic acids is 1. The minimum absolute atomic E-state index is 0.104. The maximum atomic E-state index is 12.6. The van der Waals surface area contributed by atoms with Gasteiger partial charge in [0.15, 0.2) is 5.79 Å². The van der Waals surface area contributed by atoms with Crippen LogP contribution in [0.25, 0.3) is 10.6 Å². The van der Waals surface area contributed by atoms with Crippen LogP contribution in [0.5, 0.6) is 0 Å². The van der Waals surface area contributed by atoms with Gasteiger partial charge in [-0.05, 0) is 25.0 Å². The molecule has 1 N–H and O–H groups in total. The Balaban J connectivity index is 1.49. The molecule has 6 nitrogen and oxygen atoms in total. The molecule has 126 valence electrons. The molecule has 1 unspecified atom stereocenters. The van der Waals surface area contributed by atoms with E-state index in [2.05, 4.69) is 15.3 Å². The molecule has 1 saturated heterocycles. The van der Waals surface area contributed by atoms with Gasteiger partial charge in [0.05, 0.1) is 25.5 Å². The number of nitrogens with one attached hydrogen (secondary N) is 1. The summed E-state index contributed by atoms with van der Waals surface area (Å²) in [4.78, 5) is 21.6. The molecule has 7 heteroatoms. The van der Waals surface area contributed by atoms with Crippen molar-refractivity contribution in [2.24, 2.45) is 0 Å². The number of rotatable bonds is 3. The van der Waals surface area contributed by atoms with Gasteiger partial charge in [0.1, 0.15) is 9.88 Å². The van der Waals surface area contributed by atoms with E-state index >= 15 is 0 Å². The van der Waals surface area contributed by atoms with E-state index in [-0.39, 0.29) is 11.9 Å². The second-order valence-electron chi connectivity index (χ2n) is 6.05. The van der Waals surface area contributed by atoms with E-state index in [0.717, 1.165) is 36.3 Å². The quantitative estimate of drug-likeness (QED) is 0.926. The first-order chi connectivity index (χ1) is 11.8. The van der Waals surface area contributed by atoms with Crippen molar-refractivity contribution in [3.63, 3.8) is 0 Å². The third kappa shape index (κ3) is 2.94. The monoisotopic (exact) mass is 345 g/mol. The molecule has 4 rings (SSSR count).